The summed E-state index contributed by atoms with van der Waals surface area (Å²) in [4.78, 5) is 8.08. The molecule has 1 aromatic rings. The van der Waals surface area contributed by atoms with Crippen molar-refractivity contribution >= 4 is 6.34 Å². The van der Waals surface area contributed by atoms with Crippen LogP contribution in [0.4, 0.5) is 0 Å². The Morgan fingerprint density at radius 2 is 2.92 bits per heavy atom. The molecule has 5 nitrogen and oxygen atoms in total. The molecule has 0 aromatic carbocycles. The van der Waals surface area contributed by atoms with Crippen LogP contribution in [0.5, 0.6) is 0 Å². The number of hydrogen-bond acceptors (Lipinski definition) is 5. The number of aliphatic imine (C=N–C) groups is 1. The highest BCUT2D eigenvalue weighted by atomic mass is 16.5. The molecule has 0 bridgehead atoms. The number of nitrogens with one attached hydrogen (secondary N) is 1. The fourth-order valence-corrected chi connectivity index (χ4v) is 1.15. The maximum atomic E-state index is 7.49. The van der Waals surface area contributed by atoms with Crippen molar-refractivity contribution in [3.05, 3.63) is 11.7 Å². The Morgan fingerprint density at radius 1 is 1.92 bits per heavy atom. The smallest absolute Gasteiger partial charge is 0.233 e. The molecule has 0 fully saturated rings. The molecule has 13 heavy (non-hydrogen) atoms. The molecule has 5 heteroatoms. The van der Waals surface area contributed by atoms with Gasteiger partial charge in [0.25, 0.3) is 0 Å². The molecule has 70 valence electrons. The van der Waals surface area contributed by atoms with Gasteiger partial charge in [-0.1, -0.05) is 12.0 Å². The second kappa shape index (κ2) is 3.55. The first kappa shape index (κ1) is 5.36. The fraction of sp³-hybridized carbons (Fsp3) is 0.625. The lowest BCUT2D eigenvalue weighted by molar-refractivity contribution is 0.348. The summed E-state index contributed by atoms with van der Waals surface area (Å²) >= 11 is 0. The monoisotopic (exact) mass is 183 g/mol. The van der Waals surface area contributed by atoms with Crippen molar-refractivity contribution in [1.82, 2.24) is 15.5 Å². The lowest BCUT2D eigenvalue weighted by Crippen LogP contribution is -2.27. The highest BCUT2D eigenvalue weighted by molar-refractivity contribution is 5.55. The first-order valence-corrected chi connectivity index (χ1v) is 4.00. The van der Waals surface area contributed by atoms with Gasteiger partial charge in [-0.25, -0.2) is 0 Å². The van der Waals surface area contributed by atoms with E-state index in [2.05, 4.69) is 20.4 Å². The normalized spacial score (nSPS) is 27.5. The third kappa shape index (κ3) is 1.68. The molecule has 2 heterocycles. The Morgan fingerprint density at radius 3 is 3.69 bits per heavy atom. The van der Waals surface area contributed by atoms with Gasteiger partial charge in [0.05, 0.1) is 18.8 Å². The van der Waals surface area contributed by atoms with Crippen LogP contribution in [0.2, 0.25) is 0 Å². The van der Waals surface area contributed by atoms with Gasteiger partial charge in [0.1, 0.15) is 0 Å². The molecule has 2 atom stereocenters. The van der Waals surface area contributed by atoms with Crippen molar-refractivity contribution < 1.29 is 8.64 Å². The SMILES string of the molecule is [2H]C([2H])C([2H])c1noc(C2CN=CNC2)n1. The number of aromatic nitrogens is 2. The molecule has 0 spiro atoms. The van der Waals surface area contributed by atoms with Crippen molar-refractivity contribution in [2.45, 2.75) is 19.2 Å². The Balaban J connectivity index is 2.09. The van der Waals surface area contributed by atoms with Crippen LogP contribution in [0, 0.1) is 0 Å². The van der Waals surface area contributed by atoms with Gasteiger partial charge in [-0.2, -0.15) is 4.98 Å². The Kier molecular flexibility index (Phi) is 1.47. The number of nitrogens with zero attached hydrogens (tertiary/aromatic N) is 3. The van der Waals surface area contributed by atoms with E-state index in [1.54, 1.807) is 6.34 Å². The summed E-state index contributed by atoms with van der Waals surface area (Å²) in [6.45, 7) is -0.0745. The van der Waals surface area contributed by atoms with E-state index >= 15 is 0 Å². The van der Waals surface area contributed by atoms with E-state index in [0.717, 1.165) is 0 Å². The van der Waals surface area contributed by atoms with Crippen molar-refractivity contribution in [2.24, 2.45) is 4.99 Å². The third-order valence-electron chi connectivity index (χ3n) is 1.83. The minimum atomic E-state index is -1.31. The zero-order chi connectivity index (χ0) is 11.5. The fourth-order valence-electron chi connectivity index (χ4n) is 1.15. The van der Waals surface area contributed by atoms with E-state index < -0.39 is 13.3 Å². The van der Waals surface area contributed by atoms with Crippen molar-refractivity contribution in [3.8, 4) is 0 Å². The standard InChI is InChI=1S/C8H12N4O/c1-2-7-11-8(13-12-7)6-3-9-5-10-4-6/h5-6H,2-4H2,1H3,(H,9,10)/i1D2,2D. The Bertz CT molecular complexity index is 381. The van der Waals surface area contributed by atoms with E-state index in [-0.39, 0.29) is 11.7 Å². The van der Waals surface area contributed by atoms with Crippen LogP contribution in [-0.4, -0.2) is 29.6 Å². The molecule has 0 radical (unpaired) electrons. The maximum absolute atomic E-state index is 7.49. The number of rotatable bonds is 2. The Labute approximate surface area is 80.5 Å². The van der Waals surface area contributed by atoms with Gasteiger partial charge < -0.3 is 9.84 Å². The summed E-state index contributed by atoms with van der Waals surface area (Å²) in [5, 5.41) is 6.57. The lowest BCUT2D eigenvalue weighted by Gasteiger charge is -2.13. The third-order valence-corrected chi connectivity index (χ3v) is 1.83. The molecule has 0 saturated heterocycles. The largest absolute Gasteiger partial charge is 0.376 e. The molecule has 0 amide bonds. The maximum Gasteiger partial charge on any atom is 0.233 e. The second-order valence-corrected chi connectivity index (χ2v) is 2.76. The van der Waals surface area contributed by atoms with Crippen LogP contribution in [0.1, 0.15) is 28.6 Å². The van der Waals surface area contributed by atoms with Crippen LogP contribution >= 0.6 is 0 Å². The van der Waals surface area contributed by atoms with E-state index in [1.165, 1.54) is 0 Å². The zero-order valence-electron chi connectivity index (χ0n) is 9.97. The molecule has 1 aliphatic heterocycles. The summed E-state index contributed by atoms with van der Waals surface area (Å²) < 4.78 is 26.7. The van der Waals surface area contributed by atoms with E-state index in [0.29, 0.717) is 19.0 Å². The van der Waals surface area contributed by atoms with Crippen LogP contribution in [0.25, 0.3) is 0 Å². The molecular formula is C8H12N4O. The van der Waals surface area contributed by atoms with Gasteiger partial charge in [-0.05, 0) is 0 Å². The van der Waals surface area contributed by atoms with Crippen LogP contribution in [-0.2, 0) is 6.40 Å². The summed E-state index contributed by atoms with van der Waals surface area (Å²) in [6, 6.07) is 0. The summed E-state index contributed by atoms with van der Waals surface area (Å²) in [6.07, 6.45) is 0.544. The summed E-state index contributed by atoms with van der Waals surface area (Å²) in [5.41, 5.74) is 0. The van der Waals surface area contributed by atoms with Gasteiger partial charge in [0, 0.05) is 17.1 Å². The lowest BCUT2D eigenvalue weighted by atomic mass is 10.1. The summed E-state index contributed by atoms with van der Waals surface area (Å²) in [5.74, 6) is 0.519. The number of aryl methyl sites for hydroxylation is 1. The molecule has 2 unspecified atom stereocenters. The van der Waals surface area contributed by atoms with Crippen molar-refractivity contribution in [2.75, 3.05) is 13.1 Å². The number of hydrogen-bond donors (Lipinski definition) is 1. The minimum absolute atomic E-state index is 0.00775. The molecule has 0 saturated carbocycles. The molecule has 1 N–H and O–H groups in total. The minimum Gasteiger partial charge on any atom is -0.376 e. The molecule has 2 rings (SSSR count). The zero-order valence-corrected chi connectivity index (χ0v) is 6.97. The first-order valence-electron chi connectivity index (χ1n) is 5.73. The van der Waals surface area contributed by atoms with Gasteiger partial charge >= 0.3 is 0 Å². The predicted octanol–water partition coefficient (Wildman–Crippen LogP) is 0.347. The molecule has 1 aliphatic rings. The second-order valence-electron chi connectivity index (χ2n) is 2.76. The van der Waals surface area contributed by atoms with E-state index in [1.807, 2.05) is 0 Å². The van der Waals surface area contributed by atoms with E-state index in [4.69, 9.17) is 8.64 Å². The topological polar surface area (TPSA) is 63.3 Å². The van der Waals surface area contributed by atoms with E-state index in [9.17, 15) is 0 Å². The van der Waals surface area contributed by atoms with Crippen molar-refractivity contribution in [3.63, 3.8) is 0 Å². The van der Waals surface area contributed by atoms with Crippen LogP contribution in [0.3, 0.4) is 0 Å². The summed E-state index contributed by atoms with van der Waals surface area (Å²) in [7, 11) is 0. The van der Waals surface area contributed by atoms with Gasteiger partial charge in [-0.3, -0.25) is 4.99 Å². The Hall–Kier alpha value is -1.39. The predicted molar refractivity (Wildman–Crippen MR) is 47.8 cm³/mol. The average molecular weight is 183 g/mol. The quantitative estimate of drug-likeness (QED) is 0.718. The van der Waals surface area contributed by atoms with Gasteiger partial charge in [0.15, 0.2) is 5.82 Å². The van der Waals surface area contributed by atoms with Gasteiger partial charge in [-0.15, -0.1) is 0 Å². The molecular weight excluding hydrogens is 168 g/mol. The van der Waals surface area contributed by atoms with Crippen molar-refractivity contribution in [1.29, 1.82) is 0 Å². The van der Waals surface area contributed by atoms with Gasteiger partial charge in [0.2, 0.25) is 5.89 Å². The van der Waals surface area contributed by atoms with Crippen LogP contribution < -0.4 is 5.32 Å². The first-order chi connectivity index (χ1) is 7.68. The van der Waals surface area contributed by atoms with Crippen LogP contribution in [0.15, 0.2) is 9.52 Å². The average Bonchev–Trinajstić information content (AvgIpc) is 2.78. The molecule has 1 aromatic heterocycles. The highest BCUT2D eigenvalue weighted by Gasteiger charge is 2.19. The highest BCUT2D eigenvalue weighted by Crippen LogP contribution is 2.14. The molecule has 0 aliphatic carbocycles.